The highest BCUT2D eigenvalue weighted by Gasteiger charge is 2.28. The Kier molecular flexibility index (Phi) is 6.68. The lowest BCUT2D eigenvalue weighted by Gasteiger charge is -2.32. The Morgan fingerprint density at radius 1 is 1.14 bits per heavy atom. The summed E-state index contributed by atoms with van der Waals surface area (Å²) in [5.74, 6) is -0.913. The molecule has 0 radical (unpaired) electrons. The first-order valence-corrected chi connectivity index (χ1v) is 10.2. The van der Waals surface area contributed by atoms with Crippen LogP contribution in [0.1, 0.15) is 23.3 Å². The lowest BCUT2D eigenvalue weighted by Crippen LogP contribution is -2.49. The number of hydrogen-bond acceptors (Lipinski definition) is 7. The van der Waals surface area contributed by atoms with E-state index >= 15 is 0 Å². The van der Waals surface area contributed by atoms with Crippen LogP contribution in [-0.2, 0) is 9.53 Å². The second-order valence-corrected chi connectivity index (χ2v) is 7.83. The third-order valence-electron chi connectivity index (χ3n) is 4.82. The molecule has 1 aromatic rings. The van der Waals surface area contributed by atoms with E-state index in [2.05, 4.69) is 20.7 Å². The van der Waals surface area contributed by atoms with Crippen LogP contribution in [0.5, 0.6) is 0 Å². The maximum atomic E-state index is 12.3. The van der Waals surface area contributed by atoms with Crippen molar-refractivity contribution in [3.63, 3.8) is 0 Å². The Hall–Kier alpha value is -2.40. The summed E-state index contributed by atoms with van der Waals surface area (Å²) in [5.41, 5.74) is 5.20. The van der Waals surface area contributed by atoms with Crippen LogP contribution in [0.4, 0.5) is 9.93 Å². The number of amides is 4. The standard InChI is InChI=1S/C17H26N6O4S/c1-21(2)17(26)23-5-3-12(4-6-23)14(24)19-20-15(25)13-11-28-16(18-13)22-7-9-27-10-8-22/h11-12H,3-10H2,1-2H3,(H,19,24)(H,20,25). The highest BCUT2D eigenvalue weighted by atomic mass is 32.1. The number of carbonyl (C=O) groups excluding carboxylic acids is 3. The van der Waals surface area contributed by atoms with Crippen LogP contribution in [0, 0.1) is 5.92 Å². The smallest absolute Gasteiger partial charge is 0.319 e. The zero-order valence-corrected chi connectivity index (χ0v) is 17.0. The van der Waals surface area contributed by atoms with Gasteiger partial charge in [0.1, 0.15) is 5.69 Å². The van der Waals surface area contributed by atoms with Gasteiger partial charge in [-0.05, 0) is 12.8 Å². The van der Waals surface area contributed by atoms with Gasteiger partial charge in [-0.15, -0.1) is 11.3 Å². The van der Waals surface area contributed by atoms with Crippen LogP contribution in [0.2, 0.25) is 0 Å². The number of aromatic nitrogens is 1. The minimum atomic E-state index is -0.440. The molecule has 4 amide bonds. The molecule has 2 N–H and O–H groups in total. The SMILES string of the molecule is CN(C)C(=O)N1CCC(C(=O)NNC(=O)c2csc(N3CCOCC3)n2)CC1. The van der Waals surface area contributed by atoms with Crippen molar-refractivity contribution in [2.24, 2.45) is 5.92 Å². The van der Waals surface area contributed by atoms with Crippen molar-refractivity contribution >= 4 is 34.3 Å². The minimum absolute atomic E-state index is 0.0493. The number of carbonyl (C=O) groups is 3. The average Bonchev–Trinajstić information content (AvgIpc) is 3.22. The number of ether oxygens (including phenoxy) is 1. The Balaban J connectivity index is 1.44. The summed E-state index contributed by atoms with van der Waals surface area (Å²) in [5, 5.41) is 2.45. The molecule has 0 saturated carbocycles. The summed E-state index contributed by atoms with van der Waals surface area (Å²) in [6.45, 7) is 3.85. The van der Waals surface area contributed by atoms with Crippen LogP contribution >= 0.6 is 11.3 Å². The molecule has 10 nitrogen and oxygen atoms in total. The largest absolute Gasteiger partial charge is 0.378 e. The van der Waals surface area contributed by atoms with E-state index in [-0.39, 0.29) is 23.6 Å². The normalized spacial score (nSPS) is 17.9. The van der Waals surface area contributed by atoms with Gasteiger partial charge in [-0.3, -0.25) is 20.4 Å². The number of hydrazine groups is 1. The van der Waals surface area contributed by atoms with Gasteiger partial charge >= 0.3 is 6.03 Å². The Bertz CT molecular complexity index is 710. The first-order chi connectivity index (χ1) is 13.5. The summed E-state index contributed by atoms with van der Waals surface area (Å²) in [6.07, 6.45) is 1.14. The molecule has 1 aromatic heterocycles. The van der Waals surface area contributed by atoms with E-state index in [0.29, 0.717) is 39.1 Å². The number of anilines is 1. The first-order valence-electron chi connectivity index (χ1n) is 9.30. The Labute approximate surface area is 167 Å². The summed E-state index contributed by atoms with van der Waals surface area (Å²) in [6, 6.07) is -0.0493. The van der Waals surface area contributed by atoms with Crippen LogP contribution in [-0.4, -0.2) is 86.1 Å². The number of likely N-dealkylation sites (tertiary alicyclic amines) is 1. The molecule has 154 valence electrons. The van der Waals surface area contributed by atoms with Crippen LogP contribution in [0.25, 0.3) is 0 Å². The summed E-state index contributed by atoms with van der Waals surface area (Å²) < 4.78 is 5.31. The molecule has 2 fully saturated rings. The van der Waals surface area contributed by atoms with Crippen molar-refractivity contribution in [3.8, 4) is 0 Å². The molecule has 3 rings (SSSR count). The maximum Gasteiger partial charge on any atom is 0.319 e. The van der Waals surface area contributed by atoms with Gasteiger partial charge in [-0.1, -0.05) is 0 Å². The quantitative estimate of drug-likeness (QED) is 0.686. The monoisotopic (exact) mass is 410 g/mol. The van der Waals surface area contributed by atoms with Crippen molar-refractivity contribution in [2.75, 3.05) is 58.4 Å². The van der Waals surface area contributed by atoms with E-state index in [4.69, 9.17) is 4.74 Å². The van der Waals surface area contributed by atoms with E-state index < -0.39 is 5.91 Å². The lowest BCUT2D eigenvalue weighted by atomic mass is 9.96. The van der Waals surface area contributed by atoms with E-state index in [9.17, 15) is 14.4 Å². The molecule has 0 aliphatic carbocycles. The number of urea groups is 1. The predicted molar refractivity (Wildman–Crippen MR) is 104 cm³/mol. The molecule has 0 atom stereocenters. The fourth-order valence-corrected chi connectivity index (χ4v) is 4.03. The first kappa shape index (κ1) is 20.3. The molecule has 11 heteroatoms. The molecule has 28 heavy (non-hydrogen) atoms. The third-order valence-corrected chi connectivity index (χ3v) is 5.73. The molecule has 0 unspecified atom stereocenters. The lowest BCUT2D eigenvalue weighted by molar-refractivity contribution is -0.127. The van der Waals surface area contributed by atoms with Crippen molar-refractivity contribution in [1.82, 2.24) is 25.6 Å². The number of piperidine rings is 1. The fourth-order valence-electron chi connectivity index (χ4n) is 3.17. The van der Waals surface area contributed by atoms with Gasteiger partial charge in [0.2, 0.25) is 5.91 Å². The predicted octanol–water partition coefficient (Wildman–Crippen LogP) is 0.134. The second kappa shape index (κ2) is 9.20. The van der Waals surface area contributed by atoms with Gasteiger partial charge in [0.05, 0.1) is 13.2 Å². The average molecular weight is 411 g/mol. The van der Waals surface area contributed by atoms with E-state index in [1.54, 1.807) is 24.4 Å². The minimum Gasteiger partial charge on any atom is -0.378 e. The Morgan fingerprint density at radius 3 is 2.46 bits per heavy atom. The van der Waals surface area contributed by atoms with Crippen molar-refractivity contribution < 1.29 is 19.1 Å². The molecule has 3 heterocycles. The van der Waals surface area contributed by atoms with Gasteiger partial charge in [-0.2, -0.15) is 0 Å². The van der Waals surface area contributed by atoms with Gasteiger partial charge in [0, 0.05) is 51.6 Å². The highest BCUT2D eigenvalue weighted by molar-refractivity contribution is 7.13. The highest BCUT2D eigenvalue weighted by Crippen LogP contribution is 2.21. The van der Waals surface area contributed by atoms with Crippen molar-refractivity contribution in [2.45, 2.75) is 12.8 Å². The number of nitrogens with one attached hydrogen (secondary N) is 2. The molecule has 2 saturated heterocycles. The zero-order chi connectivity index (χ0) is 20.1. The van der Waals surface area contributed by atoms with E-state index in [1.165, 1.54) is 16.2 Å². The second-order valence-electron chi connectivity index (χ2n) is 7.00. The molecule has 0 aromatic carbocycles. The van der Waals surface area contributed by atoms with E-state index in [0.717, 1.165) is 18.2 Å². The number of thiazole rings is 1. The molecule has 0 bridgehead atoms. The van der Waals surface area contributed by atoms with Gasteiger partial charge in [-0.25, -0.2) is 9.78 Å². The number of hydrogen-bond donors (Lipinski definition) is 2. The number of rotatable bonds is 3. The van der Waals surface area contributed by atoms with Gasteiger partial charge < -0.3 is 19.4 Å². The van der Waals surface area contributed by atoms with Crippen LogP contribution < -0.4 is 15.8 Å². The Morgan fingerprint density at radius 2 is 1.82 bits per heavy atom. The number of nitrogens with zero attached hydrogens (tertiary/aromatic N) is 4. The van der Waals surface area contributed by atoms with Crippen molar-refractivity contribution in [3.05, 3.63) is 11.1 Å². The van der Waals surface area contributed by atoms with Crippen molar-refractivity contribution in [1.29, 1.82) is 0 Å². The fraction of sp³-hybridized carbons (Fsp3) is 0.647. The zero-order valence-electron chi connectivity index (χ0n) is 16.1. The summed E-state index contributed by atoms with van der Waals surface area (Å²) >= 11 is 1.40. The van der Waals surface area contributed by atoms with Crippen LogP contribution in [0.3, 0.4) is 0 Å². The molecule has 2 aliphatic heterocycles. The molecule has 0 spiro atoms. The van der Waals surface area contributed by atoms with Gasteiger partial charge in [0.25, 0.3) is 5.91 Å². The topological polar surface area (TPSA) is 107 Å². The van der Waals surface area contributed by atoms with E-state index in [1.807, 2.05) is 0 Å². The number of morpholine rings is 1. The summed E-state index contributed by atoms with van der Waals surface area (Å²) in [4.78, 5) is 46.2. The van der Waals surface area contributed by atoms with Crippen LogP contribution in [0.15, 0.2) is 5.38 Å². The maximum absolute atomic E-state index is 12.3. The van der Waals surface area contributed by atoms with Gasteiger partial charge in [0.15, 0.2) is 5.13 Å². The molecule has 2 aliphatic rings. The molecular weight excluding hydrogens is 384 g/mol. The third kappa shape index (κ3) is 4.90. The summed E-state index contributed by atoms with van der Waals surface area (Å²) in [7, 11) is 3.42. The molecular formula is C17H26N6O4S.